The molecule has 0 aromatic heterocycles. The normalized spacial score (nSPS) is 14.9. The highest BCUT2D eigenvalue weighted by Crippen LogP contribution is 2.52. The highest BCUT2D eigenvalue weighted by Gasteiger charge is 2.48. The van der Waals surface area contributed by atoms with Gasteiger partial charge in [-0.2, -0.15) is 0 Å². The lowest BCUT2D eigenvalue weighted by molar-refractivity contribution is -0.875. The summed E-state index contributed by atoms with van der Waals surface area (Å²) in [6.45, 7) is 2.28. The molecule has 0 aromatic rings. The molecule has 0 bridgehead atoms. The molecule has 0 spiro atoms. The molecule has 6 heteroatoms. The Morgan fingerprint density at radius 3 is 1.35 bits per heavy atom. The van der Waals surface area contributed by atoms with E-state index in [-0.39, 0.29) is 13.0 Å². The summed E-state index contributed by atoms with van der Waals surface area (Å²) in [5.74, 6) is 0. The summed E-state index contributed by atoms with van der Waals surface area (Å²) in [6.07, 6.45) is 29.8. The largest absolute Gasteiger partial charge is 0.373 e. The fourth-order valence-corrected chi connectivity index (χ4v) is 5.38. The summed E-state index contributed by atoms with van der Waals surface area (Å²) in [5, 5.41) is 8.64. The molecule has 1 unspecified atom stereocenters. The summed E-state index contributed by atoms with van der Waals surface area (Å²) in [5.41, 5.74) is 0. The standard InChI is InChI=1S/C28H56NO4P/c1-5-6-7-8-9-10-11-12-13-14-15-16-17-18-19-20-21-22-23-24-25-26-28(30,34(31,32)33)27-29(2,3)4/h7-8,17-18,30H,5-6,9-16,19-27H2,1-4H3,(H-,31,32,33)/p+1/b8-7-,18-17-. The zero-order valence-corrected chi connectivity index (χ0v) is 23.8. The van der Waals surface area contributed by atoms with E-state index in [0.717, 1.165) is 25.7 Å². The van der Waals surface area contributed by atoms with E-state index < -0.39 is 12.9 Å². The van der Waals surface area contributed by atoms with Crippen LogP contribution in [0.1, 0.15) is 122 Å². The number of aliphatic hydroxyl groups is 1. The third-order valence-electron chi connectivity index (χ3n) is 6.25. The molecule has 0 aliphatic carbocycles. The first-order chi connectivity index (χ1) is 16.0. The summed E-state index contributed by atoms with van der Waals surface area (Å²) in [4.78, 5) is 19.2. The Morgan fingerprint density at radius 1 is 0.647 bits per heavy atom. The van der Waals surface area contributed by atoms with Crippen LogP contribution >= 0.6 is 7.60 Å². The number of quaternary nitrogens is 1. The predicted molar refractivity (Wildman–Crippen MR) is 147 cm³/mol. The van der Waals surface area contributed by atoms with E-state index in [1.807, 2.05) is 21.1 Å². The van der Waals surface area contributed by atoms with Gasteiger partial charge in [-0.3, -0.25) is 4.57 Å². The van der Waals surface area contributed by atoms with E-state index >= 15 is 0 Å². The number of hydrogen-bond acceptors (Lipinski definition) is 2. The maximum absolute atomic E-state index is 11.8. The topological polar surface area (TPSA) is 77.8 Å². The van der Waals surface area contributed by atoms with Gasteiger partial charge in [0.15, 0.2) is 0 Å². The molecule has 0 saturated heterocycles. The minimum atomic E-state index is -4.55. The average Bonchev–Trinajstić information content (AvgIpc) is 2.73. The van der Waals surface area contributed by atoms with Gasteiger partial charge in [-0.15, -0.1) is 0 Å². The fraction of sp³-hybridized carbons (Fsp3) is 0.857. The van der Waals surface area contributed by atoms with Gasteiger partial charge in [-0.05, 0) is 57.8 Å². The van der Waals surface area contributed by atoms with Crippen LogP contribution in [0.15, 0.2) is 24.3 Å². The smallest absolute Gasteiger partial charge is 0.362 e. The predicted octanol–water partition coefficient (Wildman–Crippen LogP) is 7.71. The van der Waals surface area contributed by atoms with Crippen LogP contribution in [0.3, 0.4) is 0 Å². The zero-order chi connectivity index (χ0) is 25.8. The number of hydrogen-bond donors (Lipinski definition) is 3. The zero-order valence-electron chi connectivity index (χ0n) is 22.9. The van der Waals surface area contributed by atoms with Gasteiger partial charge in [-0.25, -0.2) is 0 Å². The van der Waals surface area contributed by atoms with Gasteiger partial charge < -0.3 is 19.4 Å². The van der Waals surface area contributed by atoms with Crippen LogP contribution in [0.2, 0.25) is 0 Å². The van der Waals surface area contributed by atoms with Crippen molar-refractivity contribution in [1.82, 2.24) is 0 Å². The number of likely N-dealkylation sites (N-methyl/N-ethyl adjacent to an activating group) is 1. The van der Waals surface area contributed by atoms with E-state index in [2.05, 4.69) is 31.2 Å². The lowest BCUT2D eigenvalue weighted by Gasteiger charge is -2.35. The number of allylic oxidation sites excluding steroid dienone is 4. The number of unbranched alkanes of at least 4 members (excludes halogenated alkanes) is 14. The fourth-order valence-electron chi connectivity index (χ4n) is 4.32. The van der Waals surface area contributed by atoms with Crippen LogP contribution in [0.25, 0.3) is 0 Å². The molecule has 0 aliphatic rings. The molecule has 5 nitrogen and oxygen atoms in total. The molecule has 34 heavy (non-hydrogen) atoms. The average molecular weight is 503 g/mol. The second-order valence-corrected chi connectivity index (χ2v) is 13.0. The minimum Gasteiger partial charge on any atom is -0.373 e. The first-order valence-electron chi connectivity index (χ1n) is 13.9. The minimum absolute atomic E-state index is 0.0562. The Kier molecular flexibility index (Phi) is 19.4. The van der Waals surface area contributed by atoms with Gasteiger partial charge in [0.1, 0.15) is 6.54 Å². The van der Waals surface area contributed by atoms with Gasteiger partial charge in [0.2, 0.25) is 5.34 Å². The molecule has 0 saturated carbocycles. The molecule has 0 rings (SSSR count). The molecular weight excluding hydrogens is 445 g/mol. The van der Waals surface area contributed by atoms with Gasteiger partial charge in [-0.1, -0.05) is 89.0 Å². The quantitative estimate of drug-likeness (QED) is 0.0578. The van der Waals surface area contributed by atoms with Gasteiger partial charge in [0.25, 0.3) is 0 Å². The van der Waals surface area contributed by atoms with Crippen molar-refractivity contribution < 1.29 is 23.9 Å². The van der Waals surface area contributed by atoms with Crippen molar-refractivity contribution in [2.45, 2.75) is 128 Å². The summed E-state index contributed by atoms with van der Waals surface area (Å²) >= 11 is 0. The van der Waals surface area contributed by atoms with Crippen LogP contribution in [0.4, 0.5) is 0 Å². The molecule has 0 heterocycles. The van der Waals surface area contributed by atoms with Crippen molar-refractivity contribution >= 4 is 7.60 Å². The van der Waals surface area contributed by atoms with Crippen LogP contribution in [-0.4, -0.2) is 52.4 Å². The highest BCUT2D eigenvalue weighted by atomic mass is 31.2. The Hall–Kier alpha value is -0.450. The van der Waals surface area contributed by atoms with Crippen molar-refractivity contribution in [2.24, 2.45) is 0 Å². The van der Waals surface area contributed by atoms with Crippen LogP contribution < -0.4 is 0 Å². The summed E-state index contributed by atoms with van der Waals surface area (Å²) < 4.78 is 12.1. The molecular formula is C28H57NO4P+. The Bertz CT molecular complexity index is 579. The van der Waals surface area contributed by atoms with Gasteiger partial charge >= 0.3 is 7.60 Å². The third-order valence-corrected chi connectivity index (χ3v) is 7.70. The van der Waals surface area contributed by atoms with E-state index in [4.69, 9.17) is 0 Å². The molecule has 0 aliphatic heterocycles. The van der Waals surface area contributed by atoms with E-state index in [0.29, 0.717) is 10.9 Å². The van der Waals surface area contributed by atoms with Crippen LogP contribution in [-0.2, 0) is 4.57 Å². The van der Waals surface area contributed by atoms with Crippen molar-refractivity contribution in [3.05, 3.63) is 24.3 Å². The number of nitrogens with zero attached hydrogens (tertiary/aromatic N) is 1. The lowest BCUT2D eigenvalue weighted by Crippen LogP contribution is -2.49. The molecule has 0 fully saturated rings. The maximum Gasteiger partial charge on any atom is 0.362 e. The lowest BCUT2D eigenvalue weighted by atomic mass is 10.0. The first-order valence-corrected chi connectivity index (χ1v) is 15.5. The van der Waals surface area contributed by atoms with Gasteiger partial charge in [0.05, 0.1) is 21.1 Å². The SMILES string of the molecule is CCC/C=C\CCCCCCCC/C=C\CCCCCCCCC(O)(C[N+](C)(C)C)P(=O)(O)O. The molecule has 202 valence electrons. The van der Waals surface area contributed by atoms with Crippen molar-refractivity contribution in [2.75, 3.05) is 27.7 Å². The molecule has 3 N–H and O–H groups in total. The molecule has 0 amide bonds. The number of rotatable bonds is 23. The van der Waals surface area contributed by atoms with Crippen LogP contribution in [0, 0.1) is 0 Å². The summed E-state index contributed by atoms with van der Waals surface area (Å²) in [7, 11) is 0.966. The second kappa shape index (κ2) is 19.7. The monoisotopic (exact) mass is 502 g/mol. The maximum atomic E-state index is 11.8. The highest BCUT2D eigenvalue weighted by molar-refractivity contribution is 7.53. The van der Waals surface area contributed by atoms with Gasteiger partial charge in [0, 0.05) is 0 Å². The summed E-state index contributed by atoms with van der Waals surface area (Å²) in [6, 6.07) is 0. The van der Waals surface area contributed by atoms with Crippen molar-refractivity contribution in [3.8, 4) is 0 Å². The van der Waals surface area contributed by atoms with Crippen molar-refractivity contribution in [3.63, 3.8) is 0 Å². The Balaban J connectivity index is 3.58. The van der Waals surface area contributed by atoms with Crippen LogP contribution in [0.5, 0.6) is 0 Å². The van der Waals surface area contributed by atoms with E-state index in [9.17, 15) is 19.5 Å². The molecule has 0 radical (unpaired) electrons. The van der Waals surface area contributed by atoms with Crippen molar-refractivity contribution in [1.29, 1.82) is 0 Å². The molecule has 1 atom stereocenters. The first kappa shape index (κ1) is 33.5. The third kappa shape index (κ3) is 19.8. The van der Waals surface area contributed by atoms with E-state index in [1.165, 1.54) is 77.0 Å². The second-order valence-electron chi connectivity index (χ2n) is 11.1. The molecule has 0 aromatic carbocycles. The Labute approximate surface area is 211 Å². The van der Waals surface area contributed by atoms with E-state index in [1.54, 1.807) is 0 Å². The Morgan fingerprint density at radius 2 is 1.00 bits per heavy atom.